The second kappa shape index (κ2) is 3.58. The molecule has 0 saturated carbocycles. The van der Waals surface area contributed by atoms with Crippen LogP contribution in [0, 0.1) is 6.92 Å². The van der Waals surface area contributed by atoms with E-state index in [1.54, 1.807) is 0 Å². The van der Waals surface area contributed by atoms with Crippen LogP contribution in [0.15, 0.2) is 0 Å². The molecule has 66 valence electrons. The van der Waals surface area contributed by atoms with Crippen LogP contribution in [0.25, 0.3) is 0 Å². The van der Waals surface area contributed by atoms with E-state index in [0.29, 0.717) is 18.3 Å². The van der Waals surface area contributed by atoms with E-state index in [4.69, 9.17) is 5.73 Å². The van der Waals surface area contributed by atoms with E-state index in [-0.39, 0.29) is 0 Å². The van der Waals surface area contributed by atoms with Crippen LogP contribution < -0.4 is 5.73 Å². The summed E-state index contributed by atoms with van der Waals surface area (Å²) in [6.45, 7) is 6.33. The molecule has 0 aliphatic rings. The third-order valence-corrected chi connectivity index (χ3v) is 1.51. The molecule has 0 fully saturated rings. The van der Waals surface area contributed by atoms with Crippen molar-refractivity contribution in [2.45, 2.75) is 33.2 Å². The van der Waals surface area contributed by atoms with E-state index < -0.39 is 0 Å². The molecule has 0 spiro atoms. The smallest absolute Gasteiger partial charge is 0.146 e. The normalized spacial score (nSPS) is 10.8. The first kappa shape index (κ1) is 9.06. The highest BCUT2D eigenvalue weighted by Crippen LogP contribution is 2.07. The Bertz CT molecular complexity index is 270. The molecule has 1 aromatic heterocycles. The molecule has 2 N–H and O–H groups in total. The van der Waals surface area contributed by atoms with Gasteiger partial charge in [-0.05, 0) is 6.92 Å². The van der Waals surface area contributed by atoms with Crippen LogP contribution in [-0.4, -0.2) is 15.0 Å². The maximum Gasteiger partial charge on any atom is 0.146 e. The number of aryl methyl sites for hydroxylation is 1. The maximum atomic E-state index is 5.43. The van der Waals surface area contributed by atoms with Gasteiger partial charge in [-0.1, -0.05) is 13.8 Å². The lowest BCUT2D eigenvalue weighted by molar-refractivity contribution is 0.715. The van der Waals surface area contributed by atoms with Crippen LogP contribution in [0.3, 0.4) is 0 Å². The minimum absolute atomic E-state index is 0.331. The highest BCUT2D eigenvalue weighted by molar-refractivity contribution is 4.99. The zero-order valence-electron chi connectivity index (χ0n) is 7.70. The Morgan fingerprint density at radius 3 is 2.42 bits per heavy atom. The Balaban J connectivity index is 3.06. The number of nitrogens with zero attached hydrogens (tertiary/aromatic N) is 3. The van der Waals surface area contributed by atoms with Crippen LogP contribution >= 0.6 is 0 Å². The molecule has 1 aromatic rings. The summed E-state index contributed by atoms with van der Waals surface area (Å²) in [4.78, 5) is 12.5. The second-order valence-corrected chi connectivity index (χ2v) is 3.02. The average molecular weight is 166 g/mol. The molecule has 0 saturated heterocycles. The van der Waals surface area contributed by atoms with Crippen LogP contribution in [0.5, 0.6) is 0 Å². The molecule has 0 aliphatic carbocycles. The number of aromatic nitrogens is 3. The van der Waals surface area contributed by atoms with Gasteiger partial charge in [0.25, 0.3) is 0 Å². The first-order valence-corrected chi connectivity index (χ1v) is 4.05. The number of nitrogens with two attached hydrogens (primary N) is 1. The molecule has 0 bridgehead atoms. The highest BCUT2D eigenvalue weighted by atomic mass is 15.0. The van der Waals surface area contributed by atoms with E-state index in [9.17, 15) is 0 Å². The quantitative estimate of drug-likeness (QED) is 0.704. The van der Waals surface area contributed by atoms with Crippen LogP contribution in [0.1, 0.15) is 37.2 Å². The molecular weight excluding hydrogens is 152 g/mol. The zero-order valence-corrected chi connectivity index (χ0v) is 7.70. The zero-order chi connectivity index (χ0) is 9.14. The Hall–Kier alpha value is -1.03. The summed E-state index contributed by atoms with van der Waals surface area (Å²) >= 11 is 0. The van der Waals surface area contributed by atoms with E-state index in [2.05, 4.69) is 28.8 Å². The number of hydrogen-bond donors (Lipinski definition) is 1. The number of rotatable bonds is 2. The fraction of sp³-hybridized carbons (Fsp3) is 0.625. The summed E-state index contributed by atoms with van der Waals surface area (Å²) in [5.74, 6) is 2.57. The molecule has 4 heteroatoms. The predicted octanol–water partition coefficient (Wildman–Crippen LogP) is 0.762. The molecule has 0 aromatic carbocycles. The molecule has 0 unspecified atom stereocenters. The van der Waals surface area contributed by atoms with Gasteiger partial charge in [-0.3, -0.25) is 0 Å². The molecule has 4 nitrogen and oxygen atoms in total. The predicted molar refractivity (Wildman–Crippen MR) is 46.5 cm³/mol. The lowest BCUT2D eigenvalue weighted by Gasteiger charge is -2.05. The largest absolute Gasteiger partial charge is 0.324 e. The van der Waals surface area contributed by atoms with Crippen molar-refractivity contribution in [2.24, 2.45) is 5.73 Å². The van der Waals surface area contributed by atoms with Gasteiger partial charge in [0.1, 0.15) is 17.5 Å². The highest BCUT2D eigenvalue weighted by Gasteiger charge is 2.05. The summed E-state index contributed by atoms with van der Waals surface area (Å²) in [5.41, 5.74) is 5.43. The van der Waals surface area contributed by atoms with Crippen LogP contribution in [-0.2, 0) is 6.54 Å². The van der Waals surface area contributed by atoms with E-state index in [1.807, 2.05) is 6.92 Å². The Morgan fingerprint density at radius 2 is 1.92 bits per heavy atom. The third-order valence-electron chi connectivity index (χ3n) is 1.51. The fourth-order valence-electron chi connectivity index (χ4n) is 0.909. The van der Waals surface area contributed by atoms with Crippen LogP contribution in [0.2, 0.25) is 0 Å². The minimum Gasteiger partial charge on any atom is -0.324 e. The van der Waals surface area contributed by atoms with Crippen molar-refractivity contribution < 1.29 is 0 Å². The summed E-state index contributed by atoms with van der Waals surface area (Å²) in [6.07, 6.45) is 0. The average Bonchev–Trinajstić information content (AvgIpc) is 2.03. The van der Waals surface area contributed by atoms with E-state index >= 15 is 0 Å². The molecule has 12 heavy (non-hydrogen) atoms. The first-order valence-electron chi connectivity index (χ1n) is 4.05. The van der Waals surface area contributed by atoms with Gasteiger partial charge in [0.05, 0.1) is 6.54 Å². The Morgan fingerprint density at radius 1 is 1.25 bits per heavy atom. The number of hydrogen-bond acceptors (Lipinski definition) is 4. The second-order valence-electron chi connectivity index (χ2n) is 3.02. The van der Waals surface area contributed by atoms with Crippen molar-refractivity contribution in [1.82, 2.24) is 15.0 Å². The van der Waals surface area contributed by atoms with Crippen molar-refractivity contribution in [1.29, 1.82) is 0 Å². The third kappa shape index (κ3) is 1.98. The Kier molecular flexibility index (Phi) is 2.70. The molecule has 0 radical (unpaired) electrons. The molecule has 0 aliphatic heterocycles. The summed E-state index contributed by atoms with van der Waals surface area (Å²) < 4.78 is 0. The van der Waals surface area contributed by atoms with Gasteiger partial charge in [0.2, 0.25) is 0 Å². The maximum absolute atomic E-state index is 5.43. The van der Waals surface area contributed by atoms with E-state index in [1.165, 1.54) is 0 Å². The lowest BCUT2D eigenvalue weighted by Crippen LogP contribution is -2.10. The summed E-state index contributed by atoms with van der Waals surface area (Å²) in [6, 6.07) is 0. The van der Waals surface area contributed by atoms with Crippen molar-refractivity contribution >= 4 is 0 Å². The van der Waals surface area contributed by atoms with Gasteiger partial charge in [-0.15, -0.1) is 0 Å². The van der Waals surface area contributed by atoms with Gasteiger partial charge < -0.3 is 5.73 Å². The van der Waals surface area contributed by atoms with Crippen molar-refractivity contribution in [2.75, 3.05) is 0 Å². The molecule has 0 atom stereocenters. The van der Waals surface area contributed by atoms with Crippen molar-refractivity contribution in [3.8, 4) is 0 Å². The fourth-order valence-corrected chi connectivity index (χ4v) is 0.909. The topological polar surface area (TPSA) is 64.7 Å². The van der Waals surface area contributed by atoms with Gasteiger partial charge in [0.15, 0.2) is 0 Å². The van der Waals surface area contributed by atoms with Gasteiger partial charge in [-0.2, -0.15) is 0 Å². The lowest BCUT2D eigenvalue weighted by atomic mass is 10.2. The van der Waals surface area contributed by atoms with Gasteiger partial charge in [0, 0.05) is 5.92 Å². The molecule has 1 heterocycles. The van der Waals surface area contributed by atoms with Crippen molar-refractivity contribution in [3.63, 3.8) is 0 Å². The standard InChI is InChI=1S/C8H14N4/c1-5(2)8-11-6(3)10-7(4-9)12-8/h5H,4,9H2,1-3H3. The minimum atomic E-state index is 0.331. The van der Waals surface area contributed by atoms with Crippen LogP contribution in [0.4, 0.5) is 0 Å². The SMILES string of the molecule is Cc1nc(CN)nc(C(C)C)n1. The van der Waals surface area contributed by atoms with E-state index in [0.717, 1.165) is 11.6 Å². The first-order chi connectivity index (χ1) is 5.63. The molecule has 0 amide bonds. The summed E-state index contributed by atoms with van der Waals surface area (Å²) in [7, 11) is 0. The monoisotopic (exact) mass is 166 g/mol. The molecule has 1 rings (SSSR count). The van der Waals surface area contributed by atoms with Gasteiger partial charge >= 0.3 is 0 Å². The molecular formula is C8H14N4. The summed E-state index contributed by atoms with van der Waals surface area (Å²) in [5, 5.41) is 0. The van der Waals surface area contributed by atoms with Gasteiger partial charge in [-0.25, -0.2) is 15.0 Å². The van der Waals surface area contributed by atoms with Crippen molar-refractivity contribution in [3.05, 3.63) is 17.5 Å². The Labute approximate surface area is 72.3 Å².